The van der Waals surface area contributed by atoms with Gasteiger partial charge < -0.3 is 10.7 Å². The maximum Gasteiger partial charge on any atom is 0.154 e. The number of hydrogen-bond donors (Lipinski definition) is 2. The zero-order chi connectivity index (χ0) is 16.9. The summed E-state index contributed by atoms with van der Waals surface area (Å²) in [4.78, 5) is 19.2. The van der Waals surface area contributed by atoms with E-state index in [1.165, 1.54) is 0 Å². The third-order valence-electron chi connectivity index (χ3n) is 3.92. The summed E-state index contributed by atoms with van der Waals surface area (Å²) in [5, 5.41) is 0. The van der Waals surface area contributed by atoms with E-state index in [4.69, 9.17) is 5.73 Å². The molecule has 3 N–H and O–H groups in total. The van der Waals surface area contributed by atoms with Gasteiger partial charge in [-0.15, -0.1) is 24.8 Å². The molecule has 0 aliphatic rings. The second kappa shape index (κ2) is 10.5. The van der Waals surface area contributed by atoms with Crippen LogP contribution < -0.4 is 5.73 Å². The molecule has 0 saturated carbocycles. The van der Waals surface area contributed by atoms with Gasteiger partial charge in [0.2, 0.25) is 0 Å². The number of halogens is 3. The van der Waals surface area contributed by atoms with Crippen molar-refractivity contribution in [1.82, 2.24) is 9.97 Å². The number of Topliss-reactive ketones (excluding diaryl/α,β-unsaturated/α-hetero) is 1. The van der Waals surface area contributed by atoms with Gasteiger partial charge in [-0.2, -0.15) is 0 Å². The quantitative estimate of drug-likeness (QED) is 0.578. The first-order chi connectivity index (χ1) is 11.6. The van der Waals surface area contributed by atoms with Crippen LogP contribution in [0.15, 0.2) is 65.5 Å². The predicted octanol–water partition coefficient (Wildman–Crippen LogP) is 4.36. The smallest absolute Gasteiger partial charge is 0.154 e. The van der Waals surface area contributed by atoms with E-state index < -0.39 is 6.04 Å². The maximum atomic E-state index is 12.3. The highest BCUT2D eigenvalue weighted by Crippen LogP contribution is 2.22. The van der Waals surface area contributed by atoms with Crippen LogP contribution >= 0.6 is 40.7 Å². The Balaban J connectivity index is 0.00000169. The molecule has 0 aliphatic carbocycles. The second-order valence-corrected chi connectivity index (χ2v) is 6.65. The van der Waals surface area contributed by atoms with E-state index in [1.54, 1.807) is 12.5 Å². The number of imidazole rings is 1. The number of H-pyrrole nitrogens is 1. The highest BCUT2D eigenvalue weighted by molar-refractivity contribution is 9.10. The summed E-state index contributed by atoms with van der Waals surface area (Å²) in [6.07, 6.45) is 4.11. The number of ketones is 1. The van der Waals surface area contributed by atoms with Crippen LogP contribution in [0.3, 0.4) is 0 Å². The monoisotopic (exact) mass is 455 g/mol. The van der Waals surface area contributed by atoms with Crippen LogP contribution in [0.1, 0.15) is 11.3 Å². The van der Waals surface area contributed by atoms with Gasteiger partial charge in [0.15, 0.2) is 5.78 Å². The highest BCUT2D eigenvalue weighted by atomic mass is 79.9. The molecule has 0 radical (unpaired) electrons. The van der Waals surface area contributed by atoms with Gasteiger partial charge in [0.25, 0.3) is 0 Å². The van der Waals surface area contributed by atoms with Gasteiger partial charge in [-0.25, -0.2) is 4.98 Å². The number of benzene rings is 2. The Kier molecular flexibility index (Phi) is 9.02. The first-order valence-electron chi connectivity index (χ1n) is 7.72. The maximum absolute atomic E-state index is 12.3. The fourth-order valence-corrected chi connectivity index (χ4v) is 2.80. The lowest BCUT2D eigenvalue weighted by Crippen LogP contribution is -2.34. The first-order valence-corrected chi connectivity index (χ1v) is 8.51. The molecule has 2 aromatic carbocycles. The summed E-state index contributed by atoms with van der Waals surface area (Å²) >= 11 is 3.44. The number of rotatable bonds is 6. The molecule has 0 bridgehead atoms. The van der Waals surface area contributed by atoms with Crippen LogP contribution in [0.4, 0.5) is 0 Å². The number of nitrogens with two attached hydrogens (primary N) is 1. The topological polar surface area (TPSA) is 71.8 Å². The van der Waals surface area contributed by atoms with Crippen molar-refractivity contribution < 1.29 is 4.79 Å². The van der Waals surface area contributed by atoms with Crippen LogP contribution in [-0.2, 0) is 17.6 Å². The third kappa shape index (κ3) is 5.95. The number of aromatic amines is 1. The number of nitrogens with zero attached hydrogens (tertiary/aromatic N) is 1. The van der Waals surface area contributed by atoms with Gasteiger partial charge in [0.05, 0.1) is 12.4 Å². The van der Waals surface area contributed by atoms with E-state index >= 15 is 0 Å². The molecular weight excluding hydrogens is 437 g/mol. The predicted molar refractivity (Wildman–Crippen MR) is 113 cm³/mol. The summed E-state index contributed by atoms with van der Waals surface area (Å²) in [6.45, 7) is 0. The molecule has 3 aromatic rings. The van der Waals surface area contributed by atoms with Crippen LogP contribution in [0.2, 0.25) is 0 Å². The van der Waals surface area contributed by atoms with E-state index in [1.807, 2.05) is 36.4 Å². The Hall–Kier alpha value is -1.66. The molecule has 0 unspecified atom stereocenters. The van der Waals surface area contributed by atoms with Gasteiger partial charge in [-0.3, -0.25) is 4.79 Å². The van der Waals surface area contributed by atoms with Crippen LogP contribution in [-0.4, -0.2) is 21.8 Å². The average Bonchev–Trinajstić information content (AvgIpc) is 3.09. The molecule has 4 nitrogen and oxygen atoms in total. The van der Waals surface area contributed by atoms with Crippen molar-refractivity contribution >= 4 is 46.5 Å². The van der Waals surface area contributed by atoms with Crippen molar-refractivity contribution in [3.63, 3.8) is 0 Å². The fraction of sp³-hybridized carbons (Fsp3) is 0.158. The Bertz CT molecular complexity index is 806. The number of carbonyl (C=O) groups is 1. The van der Waals surface area contributed by atoms with Crippen LogP contribution in [0, 0.1) is 0 Å². The van der Waals surface area contributed by atoms with E-state index in [0.717, 1.165) is 26.9 Å². The highest BCUT2D eigenvalue weighted by Gasteiger charge is 2.15. The Morgan fingerprint density at radius 2 is 1.62 bits per heavy atom. The Labute approximate surface area is 173 Å². The van der Waals surface area contributed by atoms with Crippen molar-refractivity contribution in [3.05, 3.63) is 76.8 Å². The number of nitrogens with one attached hydrogen (secondary N) is 1. The van der Waals surface area contributed by atoms with E-state index in [9.17, 15) is 4.79 Å². The zero-order valence-corrected chi connectivity index (χ0v) is 17.1. The molecule has 0 saturated heterocycles. The largest absolute Gasteiger partial charge is 0.348 e. The number of carbonyl (C=O) groups excluding carboxylic acids is 1. The molecule has 138 valence electrons. The molecule has 0 fully saturated rings. The minimum absolute atomic E-state index is 0. The molecule has 26 heavy (non-hydrogen) atoms. The van der Waals surface area contributed by atoms with Crippen molar-refractivity contribution in [1.29, 1.82) is 0 Å². The lowest BCUT2D eigenvalue weighted by molar-refractivity contribution is -0.119. The van der Waals surface area contributed by atoms with Crippen LogP contribution in [0.25, 0.3) is 11.1 Å². The minimum atomic E-state index is -0.517. The molecule has 0 spiro atoms. The number of hydrogen-bond acceptors (Lipinski definition) is 3. The van der Waals surface area contributed by atoms with Crippen LogP contribution in [0.5, 0.6) is 0 Å². The standard InChI is InChI=1S/C19H18BrN3O.2ClH/c20-16-7-5-15(6-8-16)14-3-1-13(2-4-14)9-19(24)18(21)10-17-11-22-12-23-17;;/h1-8,11-12,18H,9-10,21H2,(H,22,23);2*1H/t18-;;/m0../s1. The van der Waals surface area contributed by atoms with Gasteiger partial charge >= 0.3 is 0 Å². The SMILES string of the molecule is Cl.Cl.N[C@@H](Cc1cnc[nH]1)C(=O)Cc1ccc(-c2ccc(Br)cc2)cc1. The van der Waals surface area contributed by atoms with E-state index in [-0.39, 0.29) is 30.6 Å². The summed E-state index contributed by atoms with van der Waals surface area (Å²) in [5.41, 5.74) is 10.1. The lowest BCUT2D eigenvalue weighted by Gasteiger charge is -2.10. The first kappa shape index (κ1) is 22.4. The molecule has 3 rings (SSSR count). The van der Waals surface area contributed by atoms with Gasteiger partial charge in [0, 0.05) is 29.2 Å². The van der Waals surface area contributed by atoms with Gasteiger partial charge in [-0.05, 0) is 28.8 Å². The third-order valence-corrected chi connectivity index (χ3v) is 4.45. The summed E-state index contributed by atoms with van der Waals surface area (Å²) in [6, 6.07) is 15.7. The molecule has 1 atom stereocenters. The van der Waals surface area contributed by atoms with Gasteiger partial charge in [-0.1, -0.05) is 52.3 Å². The Morgan fingerprint density at radius 1 is 1.04 bits per heavy atom. The normalized spacial score (nSPS) is 11.2. The molecular formula is C19H20BrCl2N3O. The van der Waals surface area contributed by atoms with Crippen molar-refractivity contribution in [2.45, 2.75) is 18.9 Å². The summed E-state index contributed by atoms with van der Waals surface area (Å²) < 4.78 is 1.06. The molecule has 0 amide bonds. The Morgan fingerprint density at radius 3 is 2.15 bits per heavy atom. The lowest BCUT2D eigenvalue weighted by atomic mass is 9.98. The van der Waals surface area contributed by atoms with Crippen molar-refractivity contribution in [2.24, 2.45) is 5.73 Å². The minimum Gasteiger partial charge on any atom is -0.348 e. The molecule has 0 aliphatic heterocycles. The average molecular weight is 457 g/mol. The molecule has 1 heterocycles. The fourth-order valence-electron chi connectivity index (χ4n) is 2.54. The van der Waals surface area contributed by atoms with E-state index in [2.05, 4.69) is 38.0 Å². The summed E-state index contributed by atoms with van der Waals surface area (Å²) in [7, 11) is 0. The van der Waals surface area contributed by atoms with Crippen molar-refractivity contribution in [2.75, 3.05) is 0 Å². The second-order valence-electron chi connectivity index (χ2n) is 5.73. The van der Waals surface area contributed by atoms with Crippen molar-refractivity contribution in [3.8, 4) is 11.1 Å². The van der Waals surface area contributed by atoms with Gasteiger partial charge in [0.1, 0.15) is 0 Å². The van der Waals surface area contributed by atoms with E-state index in [0.29, 0.717) is 12.8 Å². The number of aromatic nitrogens is 2. The molecule has 1 aromatic heterocycles. The zero-order valence-electron chi connectivity index (χ0n) is 13.9. The molecule has 7 heteroatoms. The summed E-state index contributed by atoms with van der Waals surface area (Å²) in [5.74, 6) is 0.0287.